The molecule has 0 fully saturated rings. The minimum Gasteiger partial charge on any atom is -0.385 e. The molecular weight excluding hydrogens is 431 g/mol. The van der Waals surface area contributed by atoms with Crippen molar-refractivity contribution in [2.45, 2.75) is 5.92 Å². The van der Waals surface area contributed by atoms with Gasteiger partial charge in [-0.25, -0.2) is 0 Å². The second kappa shape index (κ2) is 7.31. The Morgan fingerprint density at radius 2 is 1.33 bits per heavy atom. The number of anilines is 2. The Morgan fingerprint density at radius 1 is 0.852 bits per heavy atom. The monoisotopic (exact) mass is 442 g/mol. The fraction of sp³-hybridized carbons (Fsp3) is 0.0667. The van der Waals surface area contributed by atoms with Crippen LogP contribution in [0.15, 0.2) is 27.8 Å². The lowest BCUT2D eigenvalue weighted by molar-refractivity contribution is 0.884. The zero-order chi connectivity index (χ0) is 19.9. The van der Waals surface area contributed by atoms with E-state index in [1.807, 2.05) is 0 Å². The summed E-state index contributed by atoms with van der Waals surface area (Å²) in [5.41, 5.74) is 11.3. The van der Waals surface area contributed by atoms with Crippen molar-refractivity contribution in [1.82, 2.24) is 19.9 Å². The van der Waals surface area contributed by atoms with Crippen LogP contribution in [-0.4, -0.2) is 19.9 Å². The number of rotatable bonds is 3. The number of H-pyrrole nitrogens is 4. The molecule has 0 spiro atoms. The SMILES string of the molecule is Nc1[nH]c(=S)[nH]c(=O)c1C(c1ccc(Cl)cc1Cl)c1c(N)[nH]c(=S)[nH]c1=O. The number of nitrogens with one attached hydrogen (secondary N) is 4. The van der Waals surface area contributed by atoms with Gasteiger partial charge in [-0.15, -0.1) is 0 Å². The smallest absolute Gasteiger partial charge is 0.257 e. The van der Waals surface area contributed by atoms with E-state index in [0.717, 1.165) is 0 Å². The zero-order valence-electron chi connectivity index (χ0n) is 13.4. The highest BCUT2D eigenvalue weighted by Gasteiger charge is 2.29. The minimum absolute atomic E-state index is 0.0236. The topological polar surface area (TPSA) is 149 Å². The van der Waals surface area contributed by atoms with Gasteiger partial charge in [0.2, 0.25) is 0 Å². The van der Waals surface area contributed by atoms with Crippen LogP contribution in [0.3, 0.4) is 0 Å². The standard InChI is InChI=1S/C15H12Cl2N6O2S2/c16-4-1-2-5(6(17)3-4)7(8-10(18)20-14(26)22-12(8)24)9-11(19)21-15(27)23-13(9)25/h1-3,7H,(H4,18,20,22,24,26)(H4,19,21,23,25,27). The lowest BCUT2D eigenvalue weighted by Gasteiger charge is -2.20. The molecule has 1 aromatic carbocycles. The molecule has 8 N–H and O–H groups in total. The average Bonchev–Trinajstić information content (AvgIpc) is 2.52. The van der Waals surface area contributed by atoms with Crippen LogP contribution in [0.25, 0.3) is 0 Å². The Labute approximate surface area is 171 Å². The second-order valence-corrected chi connectivity index (χ2v) is 7.23. The lowest BCUT2D eigenvalue weighted by atomic mass is 9.86. The molecule has 0 saturated carbocycles. The van der Waals surface area contributed by atoms with E-state index in [9.17, 15) is 9.59 Å². The molecule has 2 aromatic heterocycles. The van der Waals surface area contributed by atoms with Crippen molar-refractivity contribution in [3.8, 4) is 0 Å². The molecule has 27 heavy (non-hydrogen) atoms. The summed E-state index contributed by atoms with van der Waals surface area (Å²) in [5, 5.41) is 0.598. The van der Waals surface area contributed by atoms with Gasteiger partial charge in [0.25, 0.3) is 11.1 Å². The van der Waals surface area contributed by atoms with Gasteiger partial charge < -0.3 is 21.4 Å². The maximum Gasteiger partial charge on any atom is 0.257 e. The minimum atomic E-state index is -1.01. The van der Waals surface area contributed by atoms with Crippen molar-refractivity contribution in [2.75, 3.05) is 11.5 Å². The molecule has 8 nitrogen and oxygen atoms in total. The third-order valence-electron chi connectivity index (χ3n) is 3.87. The van der Waals surface area contributed by atoms with Gasteiger partial charge in [-0.2, -0.15) is 0 Å². The summed E-state index contributed by atoms with van der Waals surface area (Å²) in [7, 11) is 0. The van der Waals surface area contributed by atoms with Crippen LogP contribution in [0.4, 0.5) is 11.6 Å². The van der Waals surface area contributed by atoms with Gasteiger partial charge in [-0.05, 0) is 42.1 Å². The molecule has 0 amide bonds. The van der Waals surface area contributed by atoms with E-state index in [4.69, 9.17) is 59.1 Å². The number of nitrogens with two attached hydrogens (primary N) is 2. The molecule has 0 aliphatic heterocycles. The van der Waals surface area contributed by atoms with Gasteiger partial charge in [0.1, 0.15) is 11.6 Å². The number of aromatic amines is 4. The Morgan fingerprint density at radius 3 is 1.74 bits per heavy atom. The first-order chi connectivity index (χ1) is 12.7. The summed E-state index contributed by atoms with van der Waals surface area (Å²) in [6.45, 7) is 0. The van der Waals surface area contributed by atoms with Gasteiger partial charge in [0.15, 0.2) is 9.54 Å². The molecule has 0 atom stereocenters. The van der Waals surface area contributed by atoms with Crippen LogP contribution < -0.4 is 22.6 Å². The molecule has 0 unspecified atom stereocenters. The summed E-state index contributed by atoms with van der Waals surface area (Å²) in [6.07, 6.45) is 0. The summed E-state index contributed by atoms with van der Waals surface area (Å²) in [6, 6.07) is 4.63. The molecule has 3 aromatic rings. The fourth-order valence-corrected chi connectivity index (χ4v) is 3.71. The Kier molecular flexibility index (Phi) is 5.24. The molecule has 0 saturated heterocycles. The van der Waals surface area contributed by atoms with Crippen molar-refractivity contribution in [2.24, 2.45) is 0 Å². The highest BCUT2D eigenvalue weighted by molar-refractivity contribution is 7.71. The van der Waals surface area contributed by atoms with E-state index in [1.165, 1.54) is 6.07 Å². The Bertz CT molecular complexity index is 1200. The van der Waals surface area contributed by atoms with E-state index in [0.29, 0.717) is 10.6 Å². The number of hydrogen-bond acceptors (Lipinski definition) is 6. The molecule has 12 heteroatoms. The summed E-state index contributed by atoms with van der Waals surface area (Å²) >= 11 is 22.2. The number of nitrogen functional groups attached to an aromatic ring is 2. The summed E-state index contributed by atoms with van der Waals surface area (Å²) < 4.78 is 0.0770. The summed E-state index contributed by atoms with van der Waals surface area (Å²) in [5.74, 6) is -1.07. The molecule has 0 radical (unpaired) electrons. The predicted octanol–water partition coefficient (Wildman–Crippen LogP) is 2.83. The van der Waals surface area contributed by atoms with Crippen LogP contribution >= 0.6 is 47.6 Å². The van der Waals surface area contributed by atoms with Crippen LogP contribution in [-0.2, 0) is 0 Å². The average molecular weight is 443 g/mol. The maximum absolute atomic E-state index is 12.6. The van der Waals surface area contributed by atoms with Crippen molar-refractivity contribution >= 4 is 59.3 Å². The van der Waals surface area contributed by atoms with Gasteiger partial charge in [-0.3, -0.25) is 19.6 Å². The van der Waals surface area contributed by atoms with Crippen LogP contribution in [0.5, 0.6) is 0 Å². The molecule has 3 rings (SSSR count). The molecule has 140 valence electrons. The van der Waals surface area contributed by atoms with Crippen molar-refractivity contribution in [3.63, 3.8) is 0 Å². The van der Waals surface area contributed by atoms with Crippen LogP contribution in [0, 0.1) is 9.54 Å². The van der Waals surface area contributed by atoms with Gasteiger partial charge >= 0.3 is 0 Å². The molecule has 0 aliphatic carbocycles. The number of aromatic nitrogens is 4. The Balaban J connectivity index is 2.46. The Hall–Kier alpha value is -2.40. The molecular formula is C15H12Cl2N6O2S2. The van der Waals surface area contributed by atoms with Gasteiger partial charge in [0.05, 0.1) is 17.0 Å². The largest absolute Gasteiger partial charge is 0.385 e. The number of benzene rings is 1. The number of hydrogen-bond donors (Lipinski definition) is 6. The predicted molar refractivity (Wildman–Crippen MR) is 111 cm³/mol. The second-order valence-electron chi connectivity index (χ2n) is 5.57. The highest BCUT2D eigenvalue weighted by atomic mass is 35.5. The van der Waals surface area contributed by atoms with Crippen molar-refractivity contribution in [1.29, 1.82) is 0 Å². The van der Waals surface area contributed by atoms with Gasteiger partial charge in [-0.1, -0.05) is 29.3 Å². The van der Waals surface area contributed by atoms with Gasteiger partial charge in [0, 0.05) is 10.0 Å². The third-order valence-corrected chi connectivity index (χ3v) is 4.84. The molecule has 0 aliphatic rings. The first-order valence-corrected chi connectivity index (χ1v) is 8.95. The van der Waals surface area contributed by atoms with Crippen molar-refractivity contribution < 1.29 is 0 Å². The molecule has 2 heterocycles. The fourth-order valence-electron chi connectivity index (χ4n) is 2.79. The highest BCUT2D eigenvalue weighted by Crippen LogP contribution is 2.37. The van der Waals surface area contributed by atoms with E-state index in [1.54, 1.807) is 12.1 Å². The summed E-state index contributed by atoms with van der Waals surface area (Å²) in [4.78, 5) is 35.5. The van der Waals surface area contributed by atoms with Crippen LogP contribution in [0.2, 0.25) is 10.0 Å². The van der Waals surface area contributed by atoms with Crippen LogP contribution in [0.1, 0.15) is 22.6 Å². The van der Waals surface area contributed by atoms with E-state index in [2.05, 4.69) is 19.9 Å². The molecule has 0 bridgehead atoms. The first-order valence-electron chi connectivity index (χ1n) is 7.38. The zero-order valence-corrected chi connectivity index (χ0v) is 16.5. The lowest BCUT2D eigenvalue weighted by Crippen LogP contribution is -2.28. The third kappa shape index (κ3) is 3.69. The quantitative estimate of drug-likeness (QED) is 0.343. The normalized spacial score (nSPS) is 11.1. The first kappa shape index (κ1) is 19.4. The van der Waals surface area contributed by atoms with E-state index in [-0.39, 0.29) is 37.3 Å². The van der Waals surface area contributed by atoms with Crippen molar-refractivity contribution in [3.05, 3.63) is 75.2 Å². The van der Waals surface area contributed by atoms with E-state index < -0.39 is 17.0 Å². The maximum atomic E-state index is 12.6. The van der Waals surface area contributed by atoms with E-state index >= 15 is 0 Å². The number of halogens is 2.